The maximum Gasteiger partial charge on any atom is 0.0504 e. The molecule has 1 saturated heterocycles. The van der Waals surface area contributed by atoms with E-state index in [1.165, 1.54) is 49.9 Å². The summed E-state index contributed by atoms with van der Waals surface area (Å²) < 4.78 is 0. The number of piperidine rings is 1. The molecule has 21 heavy (non-hydrogen) atoms. The zero-order valence-electron chi connectivity index (χ0n) is 14.3. The van der Waals surface area contributed by atoms with Crippen LogP contribution in [0.15, 0.2) is 24.3 Å². The van der Waals surface area contributed by atoms with Crippen LogP contribution in [0.4, 0.5) is 0 Å². The summed E-state index contributed by atoms with van der Waals surface area (Å²) >= 11 is 0. The van der Waals surface area contributed by atoms with E-state index in [0.717, 1.165) is 6.54 Å². The second kappa shape index (κ2) is 7.42. The Bertz CT molecular complexity index is 437. The van der Waals surface area contributed by atoms with Crippen LogP contribution in [0, 0.1) is 6.92 Å². The Labute approximate surface area is 130 Å². The van der Waals surface area contributed by atoms with Crippen molar-refractivity contribution in [1.82, 2.24) is 10.2 Å². The Hall–Kier alpha value is -0.860. The largest absolute Gasteiger partial charge is 0.309 e. The number of aryl methyl sites for hydroxylation is 1. The summed E-state index contributed by atoms with van der Waals surface area (Å²) in [5.74, 6) is 0. The van der Waals surface area contributed by atoms with Crippen LogP contribution in [0.2, 0.25) is 0 Å². The van der Waals surface area contributed by atoms with Crippen LogP contribution < -0.4 is 5.32 Å². The molecule has 2 nitrogen and oxygen atoms in total. The van der Waals surface area contributed by atoms with Crippen molar-refractivity contribution in [2.45, 2.75) is 65.0 Å². The average Bonchev–Trinajstić information content (AvgIpc) is 2.52. The summed E-state index contributed by atoms with van der Waals surface area (Å²) in [4.78, 5) is 2.73. The van der Waals surface area contributed by atoms with E-state index >= 15 is 0 Å². The van der Waals surface area contributed by atoms with Gasteiger partial charge in [-0.3, -0.25) is 4.90 Å². The zero-order chi connectivity index (χ0) is 15.3. The van der Waals surface area contributed by atoms with Crippen molar-refractivity contribution in [3.05, 3.63) is 35.4 Å². The second-order valence-electron chi connectivity index (χ2n) is 6.66. The van der Waals surface area contributed by atoms with Gasteiger partial charge in [0.1, 0.15) is 0 Å². The van der Waals surface area contributed by atoms with E-state index in [9.17, 15) is 0 Å². The van der Waals surface area contributed by atoms with Gasteiger partial charge in [0.25, 0.3) is 0 Å². The van der Waals surface area contributed by atoms with Gasteiger partial charge in [-0.25, -0.2) is 0 Å². The van der Waals surface area contributed by atoms with Gasteiger partial charge in [-0.1, -0.05) is 50.1 Å². The SMILES string of the molecule is CCNC(c1cccc(C)c1)C(C)(CC)N1CCCCC1. The minimum atomic E-state index is 0.199. The number of rotatable bonds is 6. The lowest BCUT2D eigenvalue weighted by atomic mass is 9.81. The standard InChI is InChI=1S/C19H32N2/c1-5-19(4,21-13-8-7-9-14-21)18(20-6-2)17-12-10-11-16(3)15-17/h10-12,15,18,20H,5-9,13-14H2,1-4H3. The van der Waals surface area contributed by atoms with Crippen LogP contribution in [0.3, 0.4) is 0 Å². The molecular formula is C19H32N2. The molecule has 118 valence electrons. The molecule has 1 aromatic carbocycles. The second-order valence-corrected chi connectivity index (χ2v) is 6.66. The molecule has 1 heterocycles. The number of likely N-dealkylation sites (N-methyl/N-ethyl adjacent to an activating group) is 1. The molecule has 1 fully saturated rings. The molecule has 0 radical (unpaired) electrons. The van der Waals surface area contributed by atoms with Crippen LogP contribution in [-0.2, 0) is 0 Å². The molecule has 2 rings (SSSR count). The van der Waals surface area contributed by atoms with Gasteiger partial charge in [0.15, 0.2) is 0 Å². The summed E-state index contributed by atoms with van der Waals surface area (Å²) in [5, 5.41) is 3.77. The lowest BCUT2D eigenvalue weighted by molar-refractivity contribution is 0.0429. The summed E-state index contributed by atoms with van der Waals surface area (Å²) in [6.45, 7) is 12.7. The highest BCUT2D eigenvalue weighted by Crippen LogP contribution is 2.36. The molecule has 1 aliphatic rings. The first-order chi connectivity index (χ1) is 10.1. The molecule has 2 unspecified atom stereocenters. The Kier molecular flexibility index (Phi) is 5.83. The number of benzene rings is 1. The molecule has 0 aliphatic carbocycles. The topological polar surface area (TPSA) is 15.3 Å². The van der Waals surface area contributed by atoms with Crippen LogP contribution in [0.1, 0.15) is 63.6 Å². The first-order valence-corrected chi connectivity index (χ1v) is 8.66. The number of nitrogens with one attached hydrogen (secondary N) is 1. The molecule has 0 saturated carbocycles. The fourth-order valence-electron chi connectivity index (χ4n) is 3.77. The Morgan fingerprint density at radius 1 is 1.19 bits per heavy atom. The van der Waals surface area contributed by atoms with E-state index in [-0.39, 0.29) is 5.54 Å². The minimum absolute atomic E-state index is 0.199. The van der Waals surface area contributed by atoms with Crippen molar-refractivity contribution in [2.24, 2.45) is 0 Å². The summed E-state index contributed by atoms with van der Waals surface area (Å²) in [6, 6.07) is 9.44. The van der Waals surface area contributed by atoms with Gasteiger partial charge >= 0.3 is 0 Å². The maximum atomic E-state index is 3.77. The number of hydrogen-bond donors (Lipinski definition) is 1. The molecule has 0 amide bonds. The van der Waals surface area contributed by atoms with Crippen molar-refractivity contribution in [3.8, 4) is 0 Å². The fraction of sp³-hybridized carbons (Fsp3) is 0.684. The van der Waals surface area contributed by atoms with Crippen molar-refractivity contribution < 1.29 is 0 Å². The highest BCUT2D eigenvalue weighted by atomic mass is 15.2. The van der Waals surface area contributed by atoms with E-state index in [4.69, 9.17) is 0 Å². The predicted octanol–water partition coefficient (Wildman–Crippen LogP) is 4.30. The third kappa shape index (κ3) is 3.67. The minimum Gasteiger partial charge on any atom is -0.309 e. The molecule has 0 spiro atoms. The lowest BCUT2D eigenvalue weighted by Gasteiger charge is -2.48. The Morgan fingerprint density at radius 2 is 1.90 bits per heavy atom. The third-order valence-electron chi connectivity index (χ3n) is 5.20. The summed E-state index contributed by atoms with van der Waals surface area (Å²) in [7, 11) is 0. The van der Waals surface area contributed by atoms with E-state index in [1.54, 1.807) is 0 Å². The normalized spacial score (nSPS) is 21.0. The van der Waals surface area contributed by atoms with Gasteiger partial charge in [-0.05, 0) is 58.3 Å². The number of hydrogen-bond acceptors (Lipinski definition) is 2. The first-order valence-electron chi connectivity index (χ1n) is 8.66. The molecular weight excluding hydrogens is 256 g/mol. The van der Waals surface area contributed by atoms with Gasteiger partial charge in [0, 0.05) is 5.54 Å². The van der Waals surface area contributed by atoms with Gasteiger partial charge in [0.05, 0.1) is 6.04 Å². The Balaban J connectivity index is 2.32. The predicted molar refractivity (Wildman–Crippen MR) is 91.7 cm³/mol. The molecule has 0 aromatic heterocycles. The molecule has 1 N–H and O–H groups in total. The molecule has 0 bridgehead atoms. The number of nitrogens with zero attached hydrogens (tertiary/aromatic N) is 1. The lowest BCUT2D eigenvalue weighted by Crippen LogP contribution is -2.56. The van der Waals surface area contributed by atoms with Crippen molar-refractivity contribution >= 4 is 0 Å². The summed E-state index contributed by atoms with van der Waals surface area (Å²) in [5.41, 5.74) is 2.99. The van der Waals surface area contributed by atoms with E-state index < -0.39 is 0 Å². The molecule has 2 atom stereocenters. The summed E-state index contributed by atoms with van der Waals surface area (Å²) in [6.07, 6.45) is 5.27. The van der Waals surface area contributed by atoms with Crippen molar-refractivity contribution in [3.63, 3.8) is 0 Å². The van der Waals surface area contributed by atoms with E-state index in [1.807, 2.05) is 0 Å². The smallest absolute Gasteiger partial charge is 0.0504 e. The van der Waals surface area contributed by atoms with Gasteiger partial charge in [-0.2, -0.15) is 0 Å². The quantitative estimate of drug-likeness (QED) is 0.839. The van der Waals surface area contributed by atoms with Crippen LogP contribution in [0.5, 0.6) is 0 Å². The van der Waals surface area contributed by atoms with Crippen molar-refractivity contribution in [1.29, 1.82) is 0 Å². The maximum absolute atomic E-state index is 3.77. The highest BCUT2D eigenvalue weighted by Gasteiger charge is 2.39. The number of likely N-dealkylation sites (tertiary alicyclic amines) is 1. The monoisotopic (exact) mass is 288 g/mol. The average molecular weight is 288 g/mol. The highest BCUT2D eigenvalue weighted by molar-refractivity contribution is 5.28. The fourth-order valence-corrected chi connectivity index (χ4v) is 3.77. The van der Waals surface area contributed by atoms with Gasteiger partial charge in [0.2, 0.25) is 0 Å². The van der Waals surface area contributed by atoms with Crippen LogP contribution >= 0.6 is 0 Å². The first kappa shape index (κ1) is 16.5. The molecule has 1 aromatic rings. The third-order valence-corrected chi connectivity index (χ3v) is 5.20. The zero-order valence-corrected chi connectivity index (χ0v) is 14.3. The Morgan fingerprint density at radius 3 is 2.48 bits per heavy atom. The molecule has 1 aliphatic heterocycles. The van der Waals surface area contributed by atoms with E-state index in [2.05, 4.69) is 62.2 Å². The molecule has 2 heteroatoms. The van der Waals surface area contributed by atoms with Crippen LogP contribution in [-0.4, -0.2) is 30.1 Å². The van der Waals surface area contributed by atoms with Gasteiger partial charge in [-0.15, -0.1) is 0 Å². The van der Waals surface area contributed by atoms with Gasteiger partial charge < -0.3 is 5.32 Å². The van der Waals surface area contributed by atoms with E-state index in [0.29, 0.717) is 6.04 Å². The van der Waals surface area contributed by atoms with Crippen LogP contribution in [0.25, 0.3) is 0 Å². The van der Waals surface area contributed by atoms with Crippen molar-refractivity contribution in [2.75, 3.05) is 19.6 Å².